The maximum Gasteiger partial charge on any atom is 0.434 e. The van der Waals surface area contributed by atoms with Crippen LogP contribution in [0, 0.1) is 19.7 Å². The molecule has 1 aliphatic rings. The molecule has 3 aromatic rings. The van der Waals surface area contributed by atoms with Gasteiger partial charge in [-0.2, -0.15) is 4.72 Å². The summed E-state index contributed by atoms with van der Waals surface area (Å²) < 4.78 is 61.5. The Hall–Kier alpha value is -3.22. The van der Waals surface area contributed by atoms with Crippen LogP contribution in [0.2, 0.25) is 5.02 Å². The van der Waals surface area contributed by atoms with E-state index in [1.165, 1.54) is 25.1 Å². The summed E-state index contributed by atoms with van der Waals surface area (Å²) in [5.41, 5.74) is 0.623. The number of halogens is 2. The molecule has 3 atom stereocenters. The van der Waals surface area contributed by atoms with Crippen LogP contribution in [0.3, 0.4) is 0 Å². The van der Waals surface area contributed by atoms with Gasteiger partial charge in [0.05, 0.1) is 17.2 Å². The van der Waals surface area contributed by atoms with Gasteiger partial charge in [0.2, 0.25) is 15.9 Å². The fourth-order valence-corrected chi connectivity index (χ4v) is 6.55. The molecule has 0 saturated carbocycles. The lowest BCUT2D eigenvalue weighted by molar-refractivity contribution is -0.159. The van der Waals surface area contributed by atoms with E-state index >= 15 is 4.39 Å². The number of sulfonamides is 1. The minimum absolute atomic E-state index is 0.0570. The van der Waals surface area contributed by atoms with Gasteiger partial charge in [0.1, 0.15) is 28.1 Å². The van der Waals surface area contributed by atoms with Crippen molar-refractivity contribution >= 4 is 27.6 Å². The third-order valence-corrected chi connectivity index (χ3v) is 8.55. The van der Waals surface area contributed by atoms with Crippen LogP contribution in [0.15, 0.2) is 38.4 Å². The second-order valence-corrected chi connectivity index (χ2v) is 11.5. The van der Waals surface area contributed by atoms with Crippen molar-refractivity contribution in [3.05, 3.63) is 73.8 Å². The number of nitrogens with one attached hydrogen (secondary N) is 2. The molecule has 2 heterocycles. The van der Waals surface area contributed by atoms with Gasteiger partial charge in [0.25, 0.3) is 0 Å². The van der Waals surface area contributed by atoms with Gasteiger partial charge in [0.15, 0.2) is 0 Å². The fourth-order valence-electron chi connectivity index (χ4n) is 4.78. The zero-order valence-corrected chi connectivity index (χ0v) is 22.9. The van der Waals surface area contributed by atoms with E-state index in [2.05, 4.69) is 14.9 Å². The molecule has 3 unspecified atom stereocenters. The first-order chi connectivity index (χ1) is 17.7. The Morgan fingerprint density at radius 1 is 1.29 bits per heavy atom. The predicted molar refractivity (Wildman–Crippen MR) is 135 cm³/mol. The Morgan fingerprint density at radius 3 is 2.63 bits per heavy atom. The van der Waals surface area contributed by atoms with E-state index < -0.39 is 45.1 Å². The maximum absolute atomic E-state index is 15.0. The van der Waals surface area contributed by atoms with E-state index in [1.807, 2.05) is 0 Å². The normalized spacial score (nSPS) is 18.8. The molecular formula is C25H27ClFN3O7S. The highest BCUT2D eigenvalue weighted by Crippen LogP contribution is 2.47. The highest BCUT2D eigenvalue weighted by molar-refractivity contribution is 7.89. The Morgan fingerprint density at radius 2 is 2.00 bits per heavy atom. The number of rotatable bonds is 7. The summed E-state index contributed by atoms with van der Waals surface area (Å²) >= 11 is 6.42. The molecule has 38 heavy (non-hydrogen) atoms. The average Bonchev–Trinajstić information content (AvgIpc) is 3.25. The van der Waals surface area contributed by atoms with Crippen LogP contribution >= 0.6 is 11.6 Å². The zero-order valence-electron chi connectivity index (χ0n) is 21.3. The lowest BCUT2D eigenvalue weighted by atomic mass is 9.88. The highest BCUT2D eigenvalue weighted by atomic mass is 35.5. The molecular weight excluding hydrogens is 541 g/mol. The van der Waals surface area contributed by atoms with E-state index in [0.29, 0.717) is 5.56 Å². The van der Waals surface area contributed by atoms with Crippen LogP contribution in [0.1, 0.15) is 67.3 Å². The minimum Gasteiger partial charge on any atom is -0.491 e. The van der Waals surface area contributed by atoms with Crippen molar-refractivity contribution in [1.82, 2.24) is 14.9 Å². The molecule has 0 aliphatic carbocycles. The van der Waals surface area contributed by atoms with Crippen LogP contribution in [0.25, 0.3) is 0 Å². The van der Waals surface area contributed by atoms with E-state index in [0.717, 1.165) is 5.56 Å². The summed E-state index contributed by atoms with van der Waals surface area (Å²) in [7, 11) is -4.44. The topological polar surface area (TPSA) is 141 Å². The molecule has 204 valence electrons. The lowest BCUT2D eigenvalue weighted by Crippen LogP contribution is -2.37. The van der Waals surface area contributed by atoms with Crippen molar-refractivity contribution in [2.45, 2.75) is 63.5 Å². The molecule has 1 aliphatic heterocycles. The van der Waals surface area contributed by atoms with E-state index in [1.54, 1.807) is 33.8 Å². The van der Waals surface area contributed by atoms with Crippen LogP contribution < -0.4 is 15.2 Å². The lowest BCUT2D eigenvalue weighted by Gasteiger charge is -2.36. The number of carbonyl (C=O) groups excluding carboxylic acids is 1. The van der Waals surface area contributed by atoms with Crippen molar-refractivity contribution in [1.29, 1.82) is 0 Å². The number of hydrogen-bond acceptors (Lipinski definition) is 8. The molecule has 0 amide bonds. The first-order valence-corrected chi connectivity index (χ1v) is 13.6. The third-order valence-electron chi connectivity index (χ3n) is 6.77. The number of aromatic amines is 1. The number of aromatic nitrogens is 2. The van der Waals surface area contributed by atoms with Crippen LogP contribution in [0.4, 0.5) is 4.39 Å². The molecule has 0 fully saturated rings. The number of hydrogen-bond donors (Lipinski definition) is 2. The molecule has 10 nitrogen and oxygen atoms in total. The molecule has 2 N–H and O–H groups in total. The number of fused-ring (bicyclic) bond motifs is 1. The summed E-state index contributed by atoms with van der Waals surface area (Å²) in [6.45, 7) is 8.04. The van der Waals surface area contributed by atoms with Crippen molar-refractivity contribution < 1.29 is 31.5 Å². The van der Waals surface area contributed by atoms with Gasteiger partial charge in [-0.05, 0) is 55.7 Å². The maximum atomic E-state index is 15.0. The first-order valence-electron chi connectivity index (χ1n) is 11.7. The van der Waals surface area contributed by atoms with Crippen molar-refractivity contribution in [2.75, 3.05) is 6.61 Å². The van der Waals surface area contributed by atoms with Gasteiger partial charge in [-0.15, -0.1) is 5.10 Å². The third kappa shape index (κ3) is 5.07. The molecule has 13 heteroatoms. The summed E-state index contributed by atoms with van der Waals surface area (Å²) in [4.78, 5) is 23.3. The quantitative estimate of drug-likeness (QED) is 0.406. The number of nitrogens with zero attached hydrogens (tertiary/aromatic N) is 1. The minimum atomic E-state index is -4.44. The molecule has 2 aromatic carbocycles. The monoisotopic (exact) mass is 567 g/mol. The number of carbonyl (C=O) groups is 1. The van der Waals surface area contributed by atoms with Crippen molar-refractivity contribution in [3.63, 3.8) is 0 Å². The number of ether oxygens (including phenoxy) is 2. The standard InChI is InChI=1S/C25H27ClFN3O7S/c1-12-6-8-17(27)19(13(12)2)14(3)21(23-28-29-24(32)36-23)30-38(33,34)18-9-7-16(26)20-22(18)35-11-10-25(20,5)37-15(4)31/h6-9,14,21,30H,10-11H2,1-5H3,(H,29,32). The highest BCUT2D eigenvalue weighted by Gasteiger charge is 2.42. The Bertz CT molecular complexity index is 1570. The average molecular weight is 568 g/mol. The Kier molecular flexibility index (Phi) is 7.43. The first kappa shape index (κ1) is 27.8. The summed E-state index contributed by atoms with van der Waals surface area (Å²) in [5.74, 6) is -3.23. The molecule has 0 radical (unpaired) electrons. The van der Waals surface area contributed by atoms with Crippen LogP contribution in [0.5, 0.6) is 5.75 Å². The number of aryl methyl sites for hydroxylation is 1. The van der Waals surface area contributed by atoms with Gasteiger partial charge < -0.3 is 13.9 Å². The van der Waals surface area contributed by atoms with E-state index in [-0.39, 0.29) is 45.7 Å². The molecule has 0 saturated heterocycles. The molecule has 4 rings (SSSR count). The van der Waals surface area contributed by atoms with Crippen LogP contribution in [-0.4, -0.2) is 31.2 Å². The Labute approximate surface area is 223 Å². The summed E-state index contributed by atoms with van der Waals surface area (Å²) in [5, 5.41) is 6.09. The van der Waals surface area contributed by atoms with Gasteiger partial charge in [-0.3, -0.25) is 4.79 Å². The van der Waals surface area contributed by atoms with E-state index in [4.69, 9.17) is 25.5 Å². The SMILES string of the molecule is CC(=O)OC1(C)CCOc2c(S(=O)(=O)NC(c3n[nH]c(=O)o3)C(C)c3c(F)ccc(C)c3C)ccc(Cl)c21. The number of H-pyrrole nitrogens is 1. The fraction of sp³-hybridized carbons (Fsp3) is 0.400. The van der Waals surface area contributed by atoms with Gasteiger partial charge in [0, 0.05) is 19.3 Å². The van der Waals surface area contributed by atoms with Crippen molar-refractivity contribution in [2.24, 2.45) is 0 Å². The van der Waals surface area contributed by atoms with Crippen LogP contribution in [-0.2, 0) is 25.2 Å². The predicted octanol–water partition coefficient (Wildman–Crippen LogP) is 4.16. The zero-order chi connectivity index (χ0) is 28.0. The summed E-state index contributed by atoms with van der Waals surface area (Å²) in [6.07, 6.45) is 0.250. The number of esters is 1. The summed E-state index contributed by atoms with van der Waals surface area (Å²) in [6, 6.07) is 4.24. The van der Waals surface area contributed by atoms with Crippen molar-refractivity contribution in [3.8, 4) is 5.75 Å². The molecule has 1 aromatic heterocycles. The van der Waals surface area contributed by atoms with Gasteiger partial charge >= 0.3 is 11.7 Å². The largest absolute Gasteiger partial charge is 0.491 e. The van der Waals surface area contributed by atoms with Gasteiger partial charge in [-0.1, -0.05) is 24.6 Å². The molecule has 0 spiro atoms. The van der Waals surface area contributed by atoms with E-state index in [9.17, 15) is 18.0 Å². The Balaban J connectivity index is 1.84. The molecule has 0 bridgehead atoms. The number of benzene rings is 2. The second-order valence-electron chi connectivity index (χ2n) is 9.41. The second kappa shape index (κ2) is 10.2. The smallest absolute Gasteiger partial charge is 0.434 e. The van der Waals surface area contributed by atoms with Gasteiger partial charge in [-0.25, -0.2) is 22.7 Å².